The van der Waals surface area contributed by atoms with Gasteiger partial charge in [-0.15, -0.1) is 0 Å². The molecule has 1 aliphatic rings. The molecule has 1 aromatic heterocycles. The fraction of sp³-hybridized carbons (Fsp3) is 0.333. The molecule has 6 nitrogen and oxygen atoms in total. The second kappa shape index (κ2) is 5.97. The molecule has 110 valence electrons. The molecule has 1 aliphatic heterocycles. The second-order valence-corrected chi connectivity index (χ2v) is 5.22. The van der Waals surface area contributed by atoms with E-state index in [1.54, 1.807) is 22.0 Å². The number of nitrogens with zero attached hydrogens (tertiary/aromatic N) is 3. The van der Waals surface area contributed by atoms with E-state index in [4.69, 9.17) is 5.11 Å². The minimum atomic E-state index is -0.140. The molecule has 1 unspecified atom stereocenters. The van der Waals surface area contributed by atoms with Crippen molar-refractivity contribution >= 4 is 11.7 Å². The van der Waals surface area contributed by atoms with Crippen LogP contribution >= 0.6 is 0 Å². The number of benzene rings is 1. The van der Waals surface area contributed by atoms with Gasteiger partial charge in [0.25, 0.3) is 0 Å². The molecule has 2 amide bonds. The summed E-state index contributed by atoms with van der Waals surface area (Å²) in [6.07, 6.45) is 4.27. The molecular formula is C15H18N4O2. The SMILES string of the molecule is O=C(Nc1cnn(-c2ccccc2)c1)N1CCC(CO)C1. The average Bonchev–Trinajstić information content (AvgIpc) is 3.17. The third-order valence-corrected chi connectivity index (χ3v) is 3.69. The van der Waals surface area contributed by atoms with Crippen LogP contribution in [-0.4, -0.2) is 45.5 Å². The molecule has 0 aliphatic carbocycles. The van der Waals surface area contributed by atoms with Crippen molar-refractivity contribution in [1.29, 1.82) is 0 Å². The molecule has 2 heterocycles. The Bertz CT molecular complexity index is 611. The van der Waals surface area contributed by atoms with E-state index < -0.39 is 0 Å². The van der Waals surface area contributed by atoms with Crippen LogP contribution in [0.25, 0.3) is 5.69 Å². The topological polar surface area (TPSA) is 70.4 Å². The van der Waals surface area contributed by atoms with Crippen molar-refractivity contribution in [3.8, 4) is 5.69 Å². The zero-order chi connectivity index (χ0) is 14.7. The van der Waals surface area contributed by atoms with Crippen LogP contribution in [0.3, 0.4) is 0 Å². The molecule has 1 fully saturated rings. The highest BCUT2D eigenvalue weighted by Crippen LogP contribution is 2.17. The van der Waals surface area contributed by atoms with Gasteiger partial charge < -0.3 is 15.3 Å². The first kappa shape index (κ1) is 13.6. The normalized spacial score (nSPS) is 18.0. The third-order valence-electron chi connectivity index (χ3n) is 3.69. The quantitative estimate of drug-likeness (QED) is 0.902. The number of likely N-dealkylation sites (tertiary alicyclic amines) is 1. The van der Waals surface area contributed by atoms with Crippen LogP contribution in [0.5, 0.6) is 0 Å². The van der Waals surface area contributed by atoms with E-state index in [0.717, 1.165) is 12.1 Å². The fourth-order valence-corrected chi connectivity index (χ4v) is 2.48. The lowest BCUT2D eigenvalue weighted by atomic mass is 10.1. The highest BCUT2D eigenvalue weighted by molar-refractivity contribution is 5.89. The number of para-hydroxylation sites is 1. The molecule has 21 heavy (non-hydrogen) atoms. The summed E-state index contributed by atoms with van der Waals surface area (Å²) in [4.78, 5) is 13.8. The van der Waals surface area contributed by atoms with Crippen molar-refractivity contribution in [1.82, 2.24) is 14.7 Å². The number of aliphatic hydroxyl groups is 1. The van der Waals surface area contributed by atoms with Gasteiger partial charge in [0.1, 0.15) is 0 Å². The number of carbonyl (C=O) groups excluding carboxylic acids is 1. The summed E-state index contributed by atoms with van der Waals surface area (Å²) < 4.78 is 1.72. The van der Waals surface area contributed by atoms with Gasteiger partial charge in [-0.2, -0.15) is 5.10 Å². The van der Waals surface area contributed by atoms with Crippen molar-refractivity contribution in [2.24, 2.45) is 5.92 Å². The summed E-state index contributed by atoms with van der Waals surface area (Å²) in [7, 11) is 0. The van der Waals surface area contributed by atoms with Gasteiger partial charge in [0.15, 0.2) is 0 Å². The van der Waals surface area contributed by atoms with Gasteiger partial charge in [-0.05, 0) is 18.6 Å². The minimum absolute atomic E-state index is 0.135. The van der Waals surface area contributed by atoms with E-state index >= 15 is 0 Å². The Morgan fingerprint density at radius 2 is 2.19 bits per heavy atom. The Balaban J connectivity index is 1.64. The lowest BCUT2D eigenvalue weighted by Gasteiger charge is -2.16. The second-order valence-electron chi connectivity index (χ2n) is 5.22. The zero-order valence-electron chi connectivity index (χ0n) is 11.6. The van der Waals surface area contributed by atoms with Gasteiger partial charge in [-0.25, -0.2) is 9.48 Å². The Morgan fingerprint density at radius 3 is 2.90 bits per heavy atom. The van der Waals surface area contributed by atoms with Gasteiger partial charge in [-0.1, -0.05) is 18.2 Å². The highest BCUT2D eigenvalue weighted by Gasteiger charge is 2.25. The monoisotopic (exact) mass is 286 g/mol. The van der Waals surface area contributed by atoms with E-state index in [0.29, 0.717) is 18.8 Å². The Morgan fingerprint density at radius 1 is 1.38 bits per heavy atom. The lowest BCUT2D eigenvalue weighted by molar-refractivity contribution is 0.209. The van der Waals surface area contributed by atoms with Gasteiger partial charge in [0, 0.05) is 25.6 Å². The van der Waals surface area contributed by atoms with E-state index in [-0.39, 0.29) is 18.6 Å². The number of aliphatic hydroxyl groups excluding tert-OH is 1. The molecule has 1 aromatic carbocycles. The number of amides is 2. The summed E-state index contributed by atoms with van der Waals surface area (Å²) in [5.74, 6) is 0.197. The van der Waals surface area contributed by atoms with Crippen LogP contribution in [0.1, 0.15) is 6.42 Å². The smallest absolute Gasteiger partial charge is 0.321 e. The van der Waals surface area contributed by atoms with Gasteiger partial charge >= 0.3 is 6.03 Å². The number of carbonyl (C=O) groups is 1. The summed E-state index contributed by atoms with van der Waals surface area (Å²) >= 11 is 0. The van der Waals surface area contributed by atoms with Crippen molar-refractivity contribution in [3.05, 3.63) is 42.7 Å². The maximum absolute atomic E-state index is 12.1. The first-order valence-electron chi connectivity index (χ1n) is 7.03. The molecule has 1 atom stereocenters. The number of hydrogen-bond donors (Lipinski definition) is 2. The van der Waals surface area contributed by atoms with Crippen molar-refractivity contribution in [2.45, 2.75) is 6.42 Å². The van der Waals surface area contributed by atoms with Crippen LogP contribution in [0.4, 0.5) is 10.5 Å². The highest BCUT2D eigenvalue weighted by atomic mass is 16.3. The van der Waals surface area contributed by atoms with Gasteiger partial charge in [0.2, 0.25) is 0 Å². The van der Waals surface area contributed by atoms with Gasteiger partial charge in [0.05, 0.1) is 23.8 Å². The summed E-state index contributed by atoms with van der Waals surface area (Å²) in [6.45, 7) is 1.43. The summed E-state index contributed by atoms with van der Waals surface area (Å²) in [6, 6.07) is 9.58. The van der Waals surface area contributed by atoms with Crippen LogP contribution < -0.4 is 5.32 Å². The Labute approximate surface area is 123 Å². The Hall–Kier alpha value is -2.34. The molecule has 2 N–H and O–H groups in total. The first-order chi connectivity index (χ1) is 10.3. The molecule has 6 heteroatoms. The van der Waals surface area contributed by atoms with Crippen LogP contribution in [0.15, 0.2) is 42.7 Å². The van der Waals surface area contributed by atoms with E-state index in [1.807, 2.05) is 30.3 Å². The fourth-order valence-electron chi connectivity index (χ4n) is 2.48. The minimum Gasteiger partial charge on any atom is -0.396 e. The van der Waals surface area contributed by atoms with Crippen molar-refractivity contribution < 1.29 is 9.90 Å². The third kappa shape index (κ3) is 3.05. The van der Waals surface area contributed by atoms with Crippen LogP contribution in [-0.2, 0) is 0 Å². The van der Waals surface area contributed by atoms with E-state index in [2.05, 4.69) is 10.4 Å². The molecule has 2 aromatic rings. The Kier molecular flexibility index (Phi) is 3.87. The van der Waals surface area contributed by atoms with Crippen molar-refractivity contribution in [3.63, 3.8) is 0 Å². The summed E-state index contributed by atoms with van der Waals surface area (Å²) in [5.41, 5.74) is 1.61. The number of aromatic nitrogens is 2. The number of hydrogen-bond acceptors (Lipinski definition) is 3. The predicted molar refractivity (Wildman–Crippen MR) is 79.3 cm³/mol. The first-order valence-corrected chi connectivity index (χ1v) is 7.03. The van der Waals surface area contributed by atoms with E-state index in [1.165, 1.54) is 0 Å². The molecule has 0 spiro atoms. The molecule has 0 radical (unpaired) electrons. The van der Waals surface area contributed by atoms with Gasteiger partial charge in [-0.3, -0.25) is 0 Å². The van der Waals surface area contributed by atoms with E-state index in [9.17, 15) is 4.79 Å². The largest absolute Gasteiger partial charge is 0.396 e. The molecule has 1 saturated heterocycles. The number of anilines is 1. The molecular weight excluding hydrogens is 268 g/mol. The lowest BCUT2D eigenvalue weighted by Crippen LogP contribution is -2.33. The number of urea groups is 1. The maximum atomic E-state index is 12.1. The summed E-state index contributed by atoms with van der Waals surface area (Å²) in [5, 5.41) is 16.2. The molecule has 3 rings (SSSR count). The van der Waals surface area contributed by atoms with Crippen LogP contribution in [0, 0.1) is 5.92 Å². The number of rotatable bonds is 3. The molecule has 0 bridgehead atoms. The van der Waals surface area contributed by atoms with Crippen molar-refractivity contribution in [2.75, 3.05) is 25.0 Å². The standard InChI is InChI=1S/C15H18N4O2/c20-11-12-6-7-18(9-12)15(21)17-13-8-16-19(10-13)14-4-2-1-3-5-14/h1-5,8,10,12,20H,6-7,9,11H2,(H,17,21). The zero-order valence-corrected chi connectivity index (χ0v) is 11.6. The van der Waals surface area contributed by atoms with Crippen LogP contribution in [0.2, 0.25) is 0 Å². The predicted octanol–water partition coefficient (Wildman–Crippen LogP) is 1.72. The number of nitrogens with one attached hydrogen (secondary N) is 1. The molecule has 0 saturated carbocycles. The average molecular weight is 286 g/mol. The maximum Gasteiger partial charge on any atom is 0.321 e.